The van der Waals surface area contributed by atoms with E-state index in [1.165, 1.54) is 6.07 Å². The average molecular weight is 410 g/mol. The minimum absolute atomic E-state index is 0.00352. The Morgan fingerprint density at radius 1 is 1.21 bits per heavy atom. The number of amides is 1. The molecule has 3 aliphatic rings. The third kappa shape index (κ3) is 3.81. The molecule has 3 atom stereocenters. The van der Waals surface area contributed by atoms with Gasteiger partial charge in [-0.25, -0.2) is 0 Å². The molecule has 9 heteroatoms. The van der Waals surface area contributed by atoms with Crippen molar-refractivity contribution in [1.82, 2.24) is 4.90 Å². The molecule has 0 spiro atoms. The third-order valence-corrected chi connectivity index (χ3v) is 5.55. The van der Waals surface area contributed by atoms with Crippen LogP contribution < -0.4 is 16.0 Å². The molecule has 1 aromatic carbocycles. The quantitative estimate of drug-likeness (QED) is 0.783. The number of likely N-dealkylation sites (tertiary alicyclic amines) is 1. The first-order valence-electron chi connectivity index (χ1n) is 9.77. The molecule has 3 N–H and O–H groups in total. The van der Waals surface area contributed by atoms with E-state index in [9.17, 15) is 18.0 Å². The Morgan fingerprint density at radius 3 is 2.59 bits per heavy atom. The van der Waals surface area contributed by atoms with Crippen LogP contribution in [-0.2, 0) is 15.7 Å². The smallest absolute Gasteiger partial charge is 0.378 e. The molecule has 3 aliphatic heterocycles. The van der Waals surface area contributed by atoms with Crippen molar-refractivity contribution in [2.24, 2.45) is 5.73 Å². The number of alkyl halides is 3. The van der Waals surface area contributed by atoms with Gasteiger partial charge in [0, 0.05) is 43.0 Å². The van der Waals surface area contributed by atoms with Crippen molar-refractivity contribution in [3.05, 3.63) is 29.3 Å². The van der Waals surface area contributed by atoms with Gasteiger partial charge < -0.3 is 25.6 Å². The van der Waals surface area contributed by atoms with E-state index in [0.717, 1.165) is 6.07 Å². The highest BCUT2D eigenvalue weighted by molar-refractivity contribution is 5.86. The van der Waals surface area contributed by atoms with Crippen molar-refractivity contribution in [2.75, 3.05) is 36.4 Å². The van der Waals surface area contributed by atoms with Crippen LogP contribution in [0.25, 0.3) is 6.08 Å². The van der Waals surface area contributed by atoms with Crippen molar-refractivity contribution in [2.45, 2.75) is 44.3 Å². The number of nitrogens with zero attached hydrogens (tertiary/aromatic N) is 2. The van der Waals surface area contributed by atoms with E-state index >= 15 is 0 Å². The summed E-state index contributed by atoms with van der Waals surface area (Å²) in [5.41, 5.74) is 6.32. The van der Waals surface area contributed by atoms with Gasteiger partial charge in [0.2, 0.25) is 0 Å². The van der Waals surface area contributed by atoms with Gasteiger partial charge >= 0.3 is 6.18 Å². The summed E-state index contributed by atoms with van der Waals surface area (Å²) in [6, 6.07) is 2.39. The number of morpholine rings is 1. The van der Waals surface area contributed by atoms with E-state index in [2.05, 4.69) is 5.32 Å². The molecule has 0 aromatic heterocycles. The molecule has 0 bridgehead atoms. The number of carbonyl (C=O) groups is 1. The lowest BCUT2D eigenvalue weighted by Gasteiger charge is -2.43. The highest BCUT2D eigenvalue weighted by Gasteiger charge is 2.40. The van der Waals surface area contributed by atoms with Gasteiger partial charge in [0.05, 0.1) is 23.9 Å². The molecule has 0 aliphatic carbocycles. The fourth-order valence-corrected chi connectivity index (χ4v) is 4.14. The van der Waals surface area contributed by atoms with Crippen molar-refractivity contribution >= 4 is 23.4 Å². The number of nitrogens with one attached hydrogen (secondary N) is 1. The molecule has 2 saturated heterocycles. The second kappa shape index (κ2) is 7.21. The number of halogens is 3. The van der Waals surface area contributed by atoms with E-state index < -0.39 is 17.8 Å². The minimum Gasteiger partial charge on any atom is -0.378 e. The van der Waals surface area contributed by atoms with E-state index in [-0.39, 0.29) is 36.3 Å². The van der Waals surface area contributed by atoms with Gasteiger partial charge in [-0.3, -0.25) is 4.79 Å². The van der Waals surface area contributed by atoms with E-state index in [1.54, 1.807) is 17.9 Å². The van der Waals surface area contributed by atoms with Crippen LogP contribution in [0.4, 0.5) is 24.5 Å². The zero-order valence-corrected chi connectivity index (χ0v) is 16.4. The number of anilines is 2. The van der Waals surface area contributed by atoms with Crippen LogP contribution in [0.3, 0.4) is 0 Å². The molecule has 3 heterocycles. The van der Waals surface area contributed by atoms with Gasteiger partial charge in [0.1, 0.15) is 0 Å². The predicted molar refractivity (Wildman–Crippen MR) is 105 cm³/mol. The maximum Gasteiger partial charge on any atom is 0.418 e. The van der Waals surface area contributed by atoms with E-state index in [0.29, 0.717) is 30.9 Å². The predicted octanol–water partition coefficient (Wildman–Crippen LogP) is 2.30. The van der Waals surface area contributed by atoms with Crippen LogP contribution in [0.2, 0.25) is 0 Å². The first-order valence-corrected chi connectivity index (χ1v) is 9.77. The number of hydrogen-bond acceptors (Lipinski definition) is 5. The van der Waals surface area contributed by atoms with Gasteiger partial charge in [0.25, 0.3) is 5.91 Å². The Hall–Kier alpha value is -2.26. The molecule has 1 unspecified atom stereocenters. The second-order valence-corrected chi connectivity index (χ2v) is 8.05. The zero-order valence-electron chi connectivity index (χ0n) is 16.4. The molecule has 1 amide bonds. The molecule has 0 radical (unpaired) electrons. The van der Waals surface area contributed by atoms with Crippen LogP contribution in [0.5, 0.6) is 0 Å². The van der Waals surface area contributed by atoms with Crippen LogP contribution in [0.1, 0.15) is 25.0 Å². The van der Waals surface area contributed by atoms with Crippen molar-refractivity contribution < 1.29 is 22.7 Å². The van der Waals surface area contributed by atoms with Gasteiger partial charge in [-0.2, -0.15) is 13.2 Å². The summed E-state index contributed by atoms with van der Waals surface area (Å²) < 4.78 is 46.4. The molecule has 2 fully saturated rings. The minimum atomic E-state index is -4.45. The van der Waals surface area contributed by atoms with Crippen LogP contribution in [0.15, 0.2) is 18.2 Å². The Bertz CT molecular complexity index is 836. The number of carbonyl (C=O) groups excluding carboxylic acids is 1. The van der Waals surface area contributed by atoms with Gasteiger partial charge in [-0.1, -0.05) is 12.2 Å². The monoisotopic (exact) mass is 410 g/mol. The lowest BCUT2D eigenvalue weighted by atomic mass is 9.97. The summed E-state index contributed by atoms with van der Waals surface area (Å²) in [4.78, 5) is 16.3. The fraction of sp³-hybridized carbons (Fsp3) is 0.550. The number of hydrogen-bond donors (Lipinski definition) is 2. The van der Waals surface area contributed by atoms with Crippen LogP contribution in [0, 0.1) is 0 Å². The van der Waals surface area contributed by atoms with E-state index in [4.69, 9.17) is 10.5 Å². The first-order chi connectivity index (χ1) is 13.6. The van der Waals surface area contributed by atoms with E-state index in [1.807, 2.05) is 17.9 Å². The molecular weight excluding hydrogens is 385 g/mol. The third-order valence-electron chi connectivity index (χ3n) is 5.55. The summed E-state index contributed by atoms with van der Waals surface area (Å²) in [5.74, 6) is -0.119. The topological polar surface area (TPSA) is 70.8 Å². The Balaban J connectivity index is 1.65. The highest BCUT2D eigenvalue weighted by atomic mass is 19.4. The highest BCUT2D eigenvalue weighted by Crippen LogP contribution is 2.43. The second-order valence-electron chi connectivity index (χ2n) is 8.05. The summed E-state index contributed by atoms with van der Waals surface area (Å²) in [6.45, 7) is 5.46. The Labute approximate surface area is 167 Å². The normalized spacial score (nSPS) is 27.3. The number of rotatable bonds is 2. The maximum absolute atomic E-state index is 13.5. The molecule has 0 saturated carbocycles. The summed E-state index contributed by atoms with van der Waals surface area (Å²) in [6.07, 6.45) is -1.78. The Morgan fingerprint density at radius 2 is 1.93 bits per heavy atom. The molecule has 158 valence electrons. The molecule has 1 aromatic rings. The average Bonchev–Trinajstić information content (AvgIpc) is 2.62. The van der Waals surface area contributed by atoms with Gasteiger partial charge in [-0.15, -0.1) is 0 Å². The largest absolute Gasteiger partial charge is 0.418 e. The number of nitrogens with two attached hydrogens (primary N) is 1. The molecule has 4 rings (SSSR count). The van der Waals surface area contributed by atoms with Crippen LogP contribution in [-0.4, -0.2) is 61.3 Å². The number of ether oxygens (including phenoxy) is 1. The Kier molecular flexibility index (Phi) is 4.98. The molecule has 6 nitrogen and oxygen atoms in total. The summed E-state index contributed by atoms with van der Waals surface area (Å²) in [5, 5.41) is 2.95. The van der Waals surface area contributed by atoms with Crippen LogP contribution >= 0.6 is 0 Å². The van der Waals surface area contributed by atoms with Gasteiger partial charge in [-0.05, 0) is 26.0 Å². The lowest BCUT2D eigenvalue weighted by Crippen LogP contribution is -2.63. The number of benzene rings is 1. The van der Waals surface area contributed by atoms with Crippen molar-refractivity contribution in [1.29, 1.82) is 0 Å². The standard InChI is InChI=1S/C20H25F3N4O2/c1-11-3-4-14-16(6-5-15(18(14)25-11)20(21,22)23)26-7-12(2)29-17(10-26)19(28)27-8-13(24)9-27/h3-6,11-13,17,25H,7-10,24H2,1-2H3/t11?,12-,17-/m1/s1. The molecular formula is C20H25F3N4O2. The maximum atomic E-state index is 13.5. The zero-order chi connectivity index (χ0) is 20.9. The molecule has 29 heavy (non-hydrogen) atoms. The van der Waals surface area contributed by atoms with Crippen molar-refractivity contribution in [3.63, 3.8) is 0 Å². The SMILES string of the molecule is CC1C=Cc2c(N3C[C@@H](C)O[C@@H](C(=O)N4CC(N)C4)C3)ccc(C(F)(F)F)c2N1. The lowest BCUT2D eigenvalue weighted by molar-refractivity contribution is -0.152. The summed E-state index contributed by atoms with van der Waals surface area (Å²) >= 11 is 0. The first kappa shape index (κ1) is 20.0. The van der Waals surface area contributed by atoms with Gasteiger partial charge in [0.15, 0.2) is 6.10 Å². The fourth-order valence-electron chi connectivity index (χ4n) is 4.14. The number of fused-ring (bicyclic) bond motifs is 1. The summed E-state index contributed by atoms with van der Waals surface area (Å²) in [7, 11) is 0. The van der Waals surface area contributed by atoms with Crippen molar-refractivity contribution in [3.8, 4) is 0 Å².